The molecule has 6 nitrogen and oxygen atoms in total. The van der Waals surface area contributed by atoms with Gasteiger partial charge in [0.15, 0.2) is 0 Å². The van der Waals surface area contributed by atoms with Crippen LogP contribution in [-0.4, -0.2) is 23.9 Å². The zero-order chi connectivity index (χ0) is 17.3. The number of hydrogen-bond acceptors (Lipinski definition) is 4. The van der Waals surface area contributed by atoms with Crippen molar-refractivity contribution in [3.8, 4) is 0 Å². The van der Waals surface area contributed by atoms with E-state index in [1.165, 1.54) is 37.4 Å². The molecule has 0 aliphatic carbocycles. The second-order valence-electron chi connectivity index (χ2n) is 4.77. The Balaban J connectivity index is 2.31. The molecule has 0 unspecified atom stereocenters. The largest absolute Gasteiger partial charge is 0.280 e. The SMILES string of the molecule is CNS(=O)(=O)c1ccc(NS(=O)(=O)c2ccc(C)cc2Br)cc1. The third-order valence-corrected chi connectivity index (χ3v) is 6.85. The van der Waals surface area contributed by atoms with E-state index in [0.29, 0.717) is 4.47 Å². The number of halogens is 1. The molecule has 0 radical (unpaired) electrons. The van der Waals surface area contributed by atoms with Gasteiger partial charge in [0.2, 0.25) is 10.0 Å². The van der Waals surface area contributed by atoms with Crippen LogP contribution >= 0.6 is 15.9 Å². The van der Waals surface area contributed by atoms with Gasteiger partial charge in [-0.25, -0.2) is 21.6 Å². The van der Waals surface area contributed by atoms with Crippen LogP contribution < -0.4 is 9.44 Å². The molecular weight excluding hydrogens is 404 g/mol. The Morgan fingerprint density at radius 1 is 0.913 bits per heavy atom. The van der Waals surface area contributed by atoms with E-state index >= 15 is 0 Å². The van der Waals surface area contributed by atoms with Crippen molar-refractivity contribution in [2.75, 3.05) is 11.8 Å². The third kappa shape index (κ3) is 4.11. The van der Waals surface area contributed by atoms with Gasteiger partial charge in [-0.1, -0.05) is 6.07 Å². The highest BCUT2D eigenvalue weighted by atomic mass is 79.9. The Morgan fingerprint density at radius 2 is 1.52 bits per heavy atom. The lowest BCUT2D eigenvalue weighted by atomic mass is 10.2. The van der Waals surface area contributed by atoms with E-state index < -0.39 is 20.0 Å². The molecule has 2 N–H and O–H groups in total. The smallest absolute Gasteiger partial charge is 0.263 e. The number of aryl methyl sites for hydroxylation is 1. The fraction of sp³-hybridized carbons (Fsp3) is 0.143. The van der Waals surface area contributed by atoms with E-state index in [0.717, 1.165) is 5.56 Å². The lowest BCUT2D eigenvalue weighted by molar-refractivity contribution is 0.588. The summed E-state index contributed by atoms with van der Waals surface area (Å²) in [5, 5.41) is 0. The maximum absolute atomic E-state index is 12.4. The second-order valence-corrected chi connectivity index (χ2v) is 9.16. The summed E-state index contributed by atoms with van der Waals surface area (Å²) in [5.41, 5.74) is 1.20. The van der Waals surface area contributed by atoms with Gasteiger partial charge >= 0.3 is 0 Å². The minimum atomic E-state index is -3.78. The van der Waals surface area contributed by atoms with Crippen LogP contribution in [0.4, 0.5) is 5.69 Å². The Kier molecular flexibility index (Phi) is 5.14. The minimum absolute atomic E-state index is 0.0551. The first-order valence-electron chi connectivity index (χ1n) is 6.48. The fourth-order valence-electron chi connectivity index (χ4n) is 1.85. The van der Waals surface area contributed by atoms with Crippen molar-refractivity contribution in [2.24, 2.45) is 0 Å². The van der Waals surface area contributed by atoms with E-state index in [4.69, 9.17) is 0 Å². The van der Waals surface area contributed by atoms with Crippen LogP contribution in [0.1, 0.15) is 5.56 Å². The first-order chi connectivity index (χ1) is 10.7. The van der Waals surface area contributed by atoms with Crippen LogP contribution in [0.5, 0.6) is 0 Å². The Hall–Kier alpha value is -1.42. The van der Waals surface area contributed by atoms with Crippen LogP contribution in [0.15, 0.2) is 56.7 Å². The molecule has 0 amide bonds. The highest BCUT2D eigenvalue weighted by Gasteiger charge is 2.18. The number of hydrogen-bond donors (Lipinski definition) is 2. The highest BCUT2D eigenvalue weighted by Crippen LogP contribution is 2.25. The maximum Gasteiger partial charge on any atom is 0.263 e. The van der Waals surface area contributed by atoms with Crippen molar-refractivity contribution in [2.45, 2.75) is 16.7 Å². The monoisotopic (exact) mass is 418 g/mol. The van der Waals surface area contributed by atoms with Crippen LogP contribution in [0.3, 0.4) is 0 Å². The van der Waals surface area contributed by atoms with Gasteiger partial charge in [-0.3, -0.25) is 4.72 Å². The molecule has 9 heteroatoms. The molecule has 0 saturated heterocycles. The van der Waals surface area contributed by atoms with E-state index in [1.807, 2.05) is 6.92 Å². The fourth-order valence-corrected chi connectivity index (χ4v) is 4.84. The van der Waals surface area contributed by atoms with Crippen LogP contribution in [0.25, 0.3) is 0 Å². The van der Waals surface area contributed by atoms with Crippen molar-refractivity contribution in [3.05, 3.63) is 52.5 Å². The van der Waals surface area contributed by atoms with E-state index in [2.05, 4.69) is 25.4 Å². The molecule has 0 bridgehead atoms. The molecule has 2 aromatic rings. The minimum Gasteiger partial charge on any atom is -0.280 e. The molecule has 2 aromatic carbocycles. The molecule has 124 valence electrons. The standard InChI is InChI=1S/C14H15BrN2O4S2/c1-10-3-8-14(13(15)9-10)23(20,21)17-11-4-6-12(7-5-11)22(18,19)16-2/h3-9,16-17H,1-2H3. The van der Waals surface area contributed by atoms with Crippen molar-refractivity contribution in [1.82, 2.24) is 4.72 Å². The summed E-state index contributed by atoms with van der Waals surface area (Å²) in [4.78, 5) is 0.162. The average molecular weight is 419 g/mol. The van der Waals surface area contributed by atoms with Crippen molar-refractivity contribution < 1.29 is 16.8 Å². The zero-order valence-corrected chi connectivity index (χ0v) is 15.6. The van der Waals surface area contributed by atoms with Crippen molar-refractivity contribution in [3.63, 3.8) is 0 Å². The van der Waals surface area contributed by atoms with Crippen molar-refractivity contribution in [1.29, 1.82) is 0 Å². The topological polar surface area (TPSA) is 92.3 Å². The van der Waals surface area contributed by atoms with Gasteiger partial charge in [0, 0.05) is 10.2 Å². The molecule has 2 rings (SSSR count). The molecule has 0 aliphatic heterocycles. The average Bonchev–Trinajstić information content (AvgIpc) is 2.47. The number of sulfonamides is 2. The van der Waals surface area contributed by atoms with Crippen LogP contribution in [-0.2, 0) is 20.0 Å². The maximum atomic E-state index is 12.4. The van der Waals surface area contributed by atoms with Crippen molar-refractivity contribution >= 4 is 41.7 Å². The predicted molar refractivity (Wildman–Crippen MR) is 92.4 cm³/mol. The lowest BCUT2D eigenvalue weighted by Crippen LogP contribution is -2.18. The van der Waals surface area contributed by atoms with Gasteiger partial charge in [0.25, 0.3) is 10.0 Å². The van der Waals surface area contributed by atoms with Gasteiger partial charge in [-0.05, 0) is 71.9 Å². The Labute approximate surface area is 144 Å². The number of anilines is 1. The summed E-state index contributed by atoms with van der Waals surface area (Å²) in [6.45, 7) is 1.86. The van der Waals surface area contributed by atoms with E-state index in [9.17, 15) is 16.8 Å². The van der Waals surface area contributed by atoms with Gasteiger partial charge < -0.3 is 0 Å². The number of benzene rings is 2. The molecule has 0 aromatic heterocycles. The zero-order valence-electron chi connectivity index (χ0n) is 12.4. The summed E-state index contributed by atoms with van der Waals surface area (Å²) >= 11 is 3.24. The van der Waals surface area contributed by atoms with Crippen LogP contribution in [0.2, 0.25) is 0 Å². The summed E-state index contributed by atoms with van der Waals surface area (Å²) < 4.78 is 53.1. The Bertz CT molecular complexity index is 924. The molecular formula is C14H15BrN2O4S2. The lowest BCUT2D eigenvalue weighted by Gasteiger charge is -2.11. The van der Waals surface area contributed by atoms with E-state index in [-0.39, 0.29) is 15.5 Å². The molecule has 0 fully saturated rings. The highest BCUT2D eigenvalue weighted by molar-refractivity contribution is 9.10. The first-order valence-corrected chi connectivity index (χ1v) is 10.2. The molecule has 0 aliphatic rings. The van der Waals surface area contributed by atoms with Crippen LogP contribution in [0, 0.1) is 6.92 Å². The molecule has 23 heavy (non-hydrogen) atoms. The predicted octanol–water partition coefficient (Wildman–Crippen LogP) is 2.47. The van der Waals surface area contributed by atoms with Gasteiger partial charge in [-0.15, -0.1) is 0 Å². The molecule has 0 spiro atoms. The summed E-state index contributed by atoms with van der Waals surface area (Å²) in [7, 11) is -6.03. The summed E-state index contributed by atoms with van der Waals surface area (Å²) in [6, 6.07) is 10.3. The first kappa shape index (κ1) is 17.9. The number of rotatable bonds is 5. The van der Waals surface area contributed by atoms with Gasteiger partial charge in [-0.2, -0.15) is 0 Å². The van der Waals surface area contributed by atoms with Gasteiger partial charge in [0.1, 0.15) is 4.90 Å². The van der Waals surface area contributed by atoms with E-state index in [1.54, 1.807) is 12.1 Å². The normalized spacial score (nSPS) is 12.1. The quantitative estimate of drug-likeness (QED) is 0.779. The molecule has 0 saturated carbocycles. The summed E-state index contributed by atoms with van der Waals surface area (Å²) in [6.07, 6.45) is 0. The second kappa shape index (κ2) is 6.60. The Morgan fingerprint density at radius 3 is 2.04 bits per heavy atom. The molecule has 0 atom stereocenters. The van der Waals surface area contributed by atoms with Gasteiger partial charge in [0.05, 0.1) is 4.90 Å². The molecule has 0 heterocycles. The number of nitrogens with one attached hydrogen (secondary N) is 2. The summed E-state index contributed by atoms with van der Waals surface area (Å²) in [5.74, 6) is 0. The third-order valence-electron chi connectivity index (χ3n) is 3.06.